The molecule has 0 saturated carbocycles. The molecule has 1 fully saturated rings. The van der Waals surface area contributed by atoms with E-state index in [2.05, 4.69) is 0 Å². The molecule has 1 aliphatic heterocycles. The lowest BCUT2D eigenvalue weighted by atomic mass is 9.92. The number of rotatable bonds is 2. The second-order valence-corrected chi connectivity index (χ2v) is 7.50. The zero-order chi connectivity index (χ0) is 14.2. The first kappa shape index (κ1) is 13.3. The van der Waals surface area contributed by atoms with Gasteiger partial charge in [0.1, 0.15) is 5.60 Å². The third-order valence-electron chi connectivity index (χ3n) is 3.81. The molecule has 2 aromatic rings. The normalized spacial score (nSPS) is 24.6. The van der Waals surface area contributed by atoms with Crippen molar-refractivity contribution >= 4 is 9.84 Å². The summed E-state index contributed by atoms with van der Waals surface area (Å²) in [5.41, 5.74) is 1.61. The molecule has 0 bridgehead atoms. The Balaban J connectivity index is 1.91. The van der Waals surface area contributed by atoms with Crippen LogP contribution in [0.5, 0.6) is 0 Å². The van der Waals surface area contributed by atoms with Crippen LogP contribution in [0.3, 0.4) is 0 Å². The Morgan fingerprint density at radius 2 is 1.50 bits per heavy atom. The van der Waals surface area contributed by atoms with Crippen molar-refractivity contribution in [2.75, 3.05) is 11.5 Å². The summed E-state index contributed by atoms with van der Waals surface area (Å²) in [5.74, 6) is -0.116. The molecule has 1 saturated heterocycles. The molecule has 1 heterocycles. The summed E-state index contributed by atoms with van der Waals surface area (Å²) in [4.78, 5) is 0. The second-order valence-electron chi connectivity index (χ2n) is 5.32. The lowest BCUT2D eigenvalue weighted by Gasteiger charge is -2.21. The fourth-order valence-corrected chi connectivity index (χ4v) is 4.50. The molecule has 3 nitrogen and oxygen atoms in total. The Bertz CT molecular complexity index is 705. The fourth-order valence-electron chi connectivity index (χ4n) is 2.66. The van der Waals surface area contributed by atoms with Gasteiger partial charge in [-0.25, -0.2) is 8.42 Å². The molecule has 3 rings (SSSR count). The molecule has 0 radical (unpaired) electrons. The molecule has 0 aromatic heterocycles. The van der Waals surface area contributed by atoms with Crippen LogP contribution in [0.25, 0.3) is 11.1 Å². The van der Waals surface area contributed by atoms with Crippen molar-refractivity contribution in [2.24, 2.45) is 0 Å². The number of aliphatic hydroxyl groups is 1. The van der Waals surface area contributed by atoms with Crippen LogP contribution < -0.4 is 0 Å². The van der Waals surface area contributed by atoms with Crippen molar-refractivity contribution in [1.82, 2.24) is 0 Å². The summed E-state index contributed by atoms with van der Waals surface area (Å²) in [6.45, 7) is 0. The van der Waals surface area contributed by atoms with Crippen molar-refractivity contribution in [3.8, 4) is 11.1 Å². The Morgan fingerprint density at radius 1 is 0.900 bits per heavy atom. The zero-order valence-corrected chi connectivity index (χ0v) is 11.8. The number of hydrogen-bond acceptors (Lipinski definition) is 3. The molecular formula is C16H16O3S. The van der Waals surface area contributed by atoms with Gasteiger partial charge in [-0.2, -0.15) is 0 Å². The molecule has 0 aliphatic carbocycles. The van der Waals surface area contributed by atoms with E-state index in [9.17, 15) is 13.5 Å². The maximum absolute atomic E-state index is 11.5. The summed E-state index contributed by atoms with van der Waals surface area (Å²) < 4.78 is 23.1. The first-order chi connectivity index (χ1) is 9.49. The molecule has 2 aromatic carbocycles. The summed E-state index contributed by atoms with van der Waals surface area (Å²) >= 11 is 0. The predicted octanol–water partition coefficient (Wildman–Crippen LogP) is 2.36. The monoisotopic (exact) mass is 288 g/mol. The molecule has 1 atom stereocenters. The van der Waals surface area contributed by atoms with Crippen molar-refractivity contribution in [3.05, 3.63) is 60.2 Å². The first-order valence-corrected chi connectivity index (χ1v) is 8.39. The third-order valence-corrected chi connectivity index (χ3v) is 5.56. The highest BCUT2D eigenvalue weighted by atomic mass is 32.2. The molecule has 104 valence electrons. The third kappa shape index (κ3) is 2.49. The van der Waals surface area contributed by atoms with Crippen molar-refractivity contribution in [1.29, 1.82) is 0 Å². The van der Waals surface area contributed by atoms with Gasteiger partial charge in [0.15, 0.2) is 9.84 Å². The molecule has 1 unspecified atom stereocenters. The van der Waals surface area contributed by atoms with Gasteiger partial charge in [0.25, 0.3) is 0 Å². The summed E-state index contributed by atoms with van der Waals surface area (Å²) in [7, 11) is -3.11. The average molecular weight is 288 g/mol. The Labute approximate surface area is 118 Å². The van der Waals surface area contributed by atoms with Gasteiger partial charge in [-0.3, -0.25) is 0 Å². The minimum atomic E-state index is -3.11. The molecule has 4 heteroatoms. The van der Waals surface area contributed by atoms with Crippen molar-refractivity contribution in [3.63, 3.8) is 0 Å². The van der Waals surface area contributed by atoms with E-state index in [1.165, 1.54) is 0 Å². The van der Waals surface area contributed by atoms with Crippen LogP contribution >= 0.6 is 0 Å². The van der Waals surface area contributed by atoms with Gasteiger partial charge in [0, 0.05) is 0 Å². The molecular weight excluding hydrogens is 272 g/mol. The Kier molecular flexibility index (Phi) is 3.15. The van der Waals surface area contributed by atoms with Crippen molar-refractivity contribution < 1.29 is 13.5 Å². The lowest BCUT2D eigenvalue weighted by Crippen LogP contribution is -2.26. The number of benzene rings is 2. The zero-order valence-electron chi connectivity index (χ0n) is 11.0. The minimum Gasteiger partial charge on any atom is -0.384 e. The molecule has 20 heavy (non-hydrogen) atoms. The highest BCUT2D eigenvalue weighted by Crippen LogP contribution is 2.34. The fraction of sp³-hybridized carbons (Fsp3) is 0.250. The standard InChI is InChI=1S/C16H16O3S/c17-16(10-11-20(18,19)12-16)15-8-6-14(7-9-15)13-4-2-1-3-5-13/h1-9,17H,10-12H2. The van der Waals surface area contributed by atoms with Gasteiger partial charge in [-0.15, -0.1) is 0 Å². The van der Waals surface area contributed by atoms with E-state index in [4.69, 9.17) is 0 Å². The van der Waals surface area contributed by atoms with Crippen LogP contribution in [0.2, 0.25) is 0 Å². The number of sulfone groups is 1. The van der Waals surface area contributed by atoms with Crippen LogP contribution in [0.1, 0.15) is 12.0 Å². The van der Waals surface area contributed by atoms with Gasteiger partial charge < -0.3 is 5.11 Å². The second kappa shape index (κ2) is 4.72. The maximum Gasteiger partial charge on any atom is 0.153 e. The van der Waals surface area contributed by atoms with E-state index in [1.807, 2.05) is 54.6 Å². The van der Waals surface area contributed by atoms with Crippen LogP contribution in [0.15, 0.2) is 54.6 Å². The highest BCUT2D eigenvalue weighted by Gasteiger charge is 2.41. The average Bonchev–Trinajstić information content (AvgIpc) is 2.75. The van der Waals surface area contributed by atoms with Gasteiger partial charge in [0.05, 0.1) is 11.5 Å². The van der Waals surface area contributed by atoms with Gasteiger partial charge in [-0.1, -0.05) is 54.6 Å². The summed E-state index contributed by atoms with van der Waals surface area (Å²) in [6, 6.07) is 17.4. The first-order valence-electron chi connectivity index (χ1n) is 6.57. The maximum atomic E-state index is 11.5. The molecule has 1 aliphatic rings. The van der Waals surface area contributed by atoms with E-state index in [0.717, 1.165) is 11.1 Å². The van der Waals surface area contributed by atoms with Crippen LogP contribution in [0.4, 0.5) is 0 Å². The quantitative estimate of drug-likeness (QED) is 0.923. The van der Waals surface area contributed by atoms with Gasteiger partial charge in [-0.05, 0) is 23.1 Å². The van der Waals surface area contributed by atoms with Crippen LogP contribution in [-0.2, 0) is 15.4 Å². The van der Waals surface area contributed by atoms with Crippen LogP contribution in [-0.4, -0.2) is 25.0 Å². The predicted molar refractivity (Wildman–Crippen MR) is 79.0 cm³/mol. The van der Waals surface area contributed by atoms with Gasteiger partial charge in [0.2, 0.25) is 0 Å². The van der Waals surface area contributed by atoms with Crippen LogP contribution in [0, 0.1) is 0 Å². The molecule has 1 N–H and O–H groups in total. The smallest absolute Gasteiger partial charge is 0.153 e. The summed E-state index contributed by atoms with van der Waals surface area (Å²) in [5, 5.41) is 10.5. The van der Waals surface area contributed by atoms with E-state index in [1.54, 1.807) is 0 Å². The minimum absolute atomic E-state index is 0.0595. The molecule has 0 amide bonds. The highest BCUT2D eigenvalue weighted by molar-refractivity contribution is 7.91. The largest absolute Gasteiger partial charge is 0.384 e. The SMILES string of the molecule is O=S1(=O)CCC(O)(c2ccc(-c3ccccc3)cc2)C1. The number of hydrogen-bond donors (Lipinski definition) is 1. The Morgan fingerprint density at radius 3 is 2.05 bits per heavy atom. The lowest BCUT2D eigenvalue weighted by molar-refractivity contribution is 0.0653. The van der Waals surface area contributed by atoms with E-state index >= 15 is 0 Å². The summed E-state index contributed by atoms with van der Waals surface area (Å²) in [6.07, 6.45) is 0.278. The van der Waals surface area contributed by atoms with Crippen molar-refractivity contribution in [2.45, 2.75) is 12.0 Å². The van der Waals surface area contributed by atoms with E-state index in [0.29, 0.717) is 5.56 Å². The Hall–Kier alpha value is -1.65. The molecule has 0 spiro atoms. The topological polar surface area (TPSA) is 54.4 Å². The van der Waals surface area contributed by atoms with E-state index < -0.39 is 15.4 Å². The van der Waals surface area contributed by atoms with Gasteiger partial charge >= 0.3 is 0 Å². The van der Waals surface area contributed by atoms with E-state index in [-0.39, 0.29) is 17.9 Å².